The van der Waals surface area contributed by atoms with Crippen LogP contribution in [0.25, 0.3) is 10.2 Å². The highest BCUT2D eigenvalue weighted by Crippen LogP contribution is 2.22. The molecule has 0 saturated carbocycles. The van der Waals surface area contributed by atoms with Crippen molar-refractivity contribution in [1.29, 1.82) is 0 Å². The Hall–Kier alpha value is -2.93. The van der Waals surface area contributed by atoms with Crippen LogP contribution in [-0.2, 0) is 0 Å². The zero-order valence-corrected chi connectivity index (χ0v) is 13.4. The van der Waals surface area contributed by atoms with Gasteiger partial charge in [-0.05, 0) is 30.3 Å². The van der Waals surface area contributed by atoms with E-state index in [1.807, 2.05) is 48.7 Å². The molecule has 0 aliphatic carbocycles. The van der Waals surface area contributed by atoms with Gasteiger partial charge < -0.3 is 9.73 Å². The van der Waals surface area contributed by atoms with Crippen molar-refractivity contribution >= 4 is 27.5 Å². The lowest BCUT2D eigenvalue weighted by atomic mass is 10.2. The second-order valence-electron chi connectivity index (χ2n) is 5.21. The molecule has 4 aromatic rings. The van der Waals surface area contributed by atoms with Gasteiger partial charge in [0.05, 0.1) is 16.5 Å². The maximum atomic E-state index is 12.4. The first-order valence-corrected chi connectivity index (χ1v) is 8.29. The Labute approximate surface area is 141 Å². The Morgan fingerprint density at radius 2 is 2.17 bits per heavy atom. The van der Waals surface area contributed by atoms with Crippen LogP contribution in [-0.4, -0.2) is 27.2 Å². The fourth-order valence-corrected chi connectivity index (χ4v) is 3.39. The third-order valence-corrected chi connectivity index (χ3v) is 4.70. The Kier molecular flexibility index (Phi) is 3.84. The standard InChI is InChI=1S/C17H14N4O2S/c22-16(17-20-12-5-1-2-7-15(12)24-17)18-11-13(14-6-3-10-23-14)21-9-4-8-19-21/h1-10,13H,11H2,(H,18,22)/t13-/m0/s1. The van der Waals surface area contributed by atoms with Gasteiger partial charge in [-0.15, -0.1) is 11.3 Å². The molecule has 6 nitrogen and oxygen atoms in total. The third-order valence-electron chi connectivity index (χ3n) is 3.66. The van der Waals surface area contributed by atoms with E-state index in [0.717, 1.165) is 16.0 Å². The normalized spacial score (nSPS) is 12.3. The number of thiazole rings is 1. The van der Waals surface area contributed by atoms with E-state index in [1.165, 1.54) is 11.3 Å². The Balaban J connectivity index is 1.52. The number of benzene rings is 1. The molecule has 0 bridgehead atoms. The molecule has 0 fully saturated rings. The first kappa shape index (κ1) is 14.6. The molecule has 0 spiro atoms. The van der Waals surface area contributed by atoms with Gasteiger partial charge in [-0.1, -0.05) is 12.1 Å². The van der Waals surface area contributed by atoms with Crippen LogP contribution in [0.5, 0.6) is 0 Å². The lowest BCUT2D eigenvalue weighted by molar-refractivity contribution is 0.0948. The molecule has 0 saturated heterocycles. The predicted molar refractivity (Wildman–Crippen MR) is 91.0 cm³/mol. The van der Waals surface area contributed by atoms with Crippen LogP contribution in [0.2, 0.25) is 0 Å². The first-order valence-electron chi connectivity index (χ1n) is 7.47. The quantitative estimate of drug-likeness (QED) is 0.607. The highest BCUT2D eigenvalue weighted by Gasteiger charge is 2.19. The Bertz CT molecular complexity index is 877. The Morgan fingerprint density at radius 1 is 1.25 bits per heavy atom. The molecular weight excluding hydrogens is 324 g/mol. The van der Waals surface area contributed by atoms with Crippen LogP contribution in [0.15, 0.2) is 65.5 Å². The third kappa shape index (κ3) is 2.81. The van der Waals surface area contributed by atoms with Crippen LogP contribution in [0.4, 0.5) is 0 Å². The number of hydrogen-bond donors (Lipinski definition) is 1. The van der Waals surface area contributed by atoms with Gasteiger partial charge >= 0.3 is 0 Å². The van der Waals surface area contributed by atoms with E-state index in [9.17, 15) is 4.79 Å². The molecule has 0 unspecified atom stereocenters. The van der Waals surface area contributed by atoms with E-state index in [2.05, 4.69) is 15.4 Å². The van der Waals surface area contributed by atoms with Gasteiger partial charge in [0, 0.05) is 18.9 Å². The summed E-state index contributed by atoms with van der Waals surface area (Å²) < 4.78 is 8.24. The van der Waals surface area contributed by atoms with Crippen molar-refractivity contribution in [2.24, 2.45) is 0 Å². The van der Waals surface area contributed by atoms with Crippen LogP contribution in [0.3, 0.4) is 0 Å². The van der Waals surface area contributed by atoms with Gasteiger partial charge in [0.1, 0.15) is 11.8 Å². The molecule has 4 rings (SSSR count). The lowest BCUT2D eigenvalue weighted by Crippen LogP contribution is -2.31. The van der Waals surface area contributed by atoms with Gasteiger partial charge in [0.15, 0.2) is 5.01 Å². The summed E-state index contributed by atoms with van der Waals surface area (Å²) in [5, 5.41) is 7.63. The minimum atomic E-state index is -0.201. The highest BCUT2D eigenvalue weighted by atomic mass is 32.1. The number of furan rings is 1. The molecule has 120 valence electrons. The molecule has 0 aliphatic heterocycles. The summed E-state index contributed by atoms with van der Waals surface area (Å²) >= 11 is 1.38. The number of carbonyl (C=O) groups excluding carboxylic acids is 1. The van der Waals surface area contributed by atoms with E-state index in [-0.39, 0.29) is 11.9 Å². The molecule has 3 heterocycles. The number of para-hydroxylation sites is 1. The van der Waals surface area contributed by atoms with E-state index in [1.54, 1.807) is 17.1 Å². The van der Waals surface area contributed by atoms with Crippen molar-refractivity contribution in [2.75, 3.05) is 6.54 Å². The molecule has 1 atom stereocenters. The molecule has 7 heteroatoms. The number of amides is 1. The fourth-order valence-electron chi connectivity index (χ4n) is 2.50. The predicted octanol–water partition coefficient (Wildman–Crippen LogP) is 3.11. The minimum absolute atomic E-state index is 0.195. The topological polar surface area (TPSA) is 73.0 Å². The number of aromatic nitrogens is 3. The maximum absolute atomic E-state index is 12.4. The van der Waals surface area contributed by atoms with Crippen molar-refractivity contribution in [3.63, 3.8) is 0 Å². The van der Waals surface area contributed by atoms with E-state index >= 15 is 0 Å². The largest absolute Gasteiger partial charge is 0.467 e. The molecule has 3 aromatic heterocycles. The zero-order chi connectivity index (χ0) is 16.4. The van der Waals surface area contributed by atoms with Crippen molar-refractivity contribution in [3.05, 3.63) is 71.9 Å². The van der Waals surface area contributed by atoms with Crippen LogP contribution >= 0.6 is 11.3 Å². The monoisotopic (exact) mass is 338 g/mol. The summed E-state index contributed by atoms with van der Waals surface area (Å²) in [6, 6.07) is 13.0. The molecule has 1 amide bonds. The Morgan fingerprint density at radius 3 is 2.92 bits per heavy atom. The van der Waals surface area contributed by atoms with Crippen molar-refractivity contribution in [2.45, 2.75) is 6.04 Å². The average molecular weight is 338 g/mol. The van der Waals surface area contributed by atoms with Crippen LogP contribution in [0.1, 0.15) is 21.6 Å². The summed E-state index contributed by atoms with van der Waals surface area (Å²) in [5.74, 6) is 0.545. The number of nitrogens with zero attached hydrogens (tertiary/aromatic N) is 3. The van der Waals surface area contributed by atoms with Gasteiger partial charge in [0.2, 0.25) is 0 Å². The van der Waals surface area contributed by atoms with E-state index in [4.69, 9.17) is 4.42 Å². The number of fused-ring (bicyclic) bond motifs is 1. The van der Waals surface area contributed by atoms with Gasteiger partial charge in [0.25, 0.3) is 5.91 Å². The molecule has 0 radical (unpaired) electrons. The second kappa shape index (κ2) is 6.29. The van der Waals surface area contributed by atoms with Crippen molar-refractivity contribution in [1.82, 2.24) is 20.1 Å². The first-order chi connectivity index (χ1) is 11.8. The highest BCUT2D eigenvalue weighted by molar-refractivity contribution is 7.20. The number of nitrogens with one attached hydrogen (secondary N) is 1. The number of hydrogen-bond acceptors (Lipinski definition) is 5. The molecule has 0 aliphatic rings. The molecular formula is C17H14N4O2S. The maximum Gasteiger partial charge on any atom is 0.280 e. The second-order valence-corrected chi connectivity index (χ2v) is 6.24. The smallest absolute Gasteiger partial charge is 0.280 e. The summed E-state index contributed by atoms with van der Waals surface area (Å²) in [5.41, 5.74) is 0.835. The van der Waals surface area contributed by atoms with Crippen molar-refractivity contribution < 1.29 is 9.21 Å². The van der Waals surface area contributed by atoms with Crippen LogP contribution in [0, 0.1) is 0 Å². The number of rotatable bonds is 5. The van der Waals surface area contributed by atoms with E-state index < -0.39 is 0 Å². The summed E-state index contributed by atoms with van der Waals surface area (Å²) in [7, 11) is 0. The molecule has 24 heavy (non-hydrogen) atoms. The molecule has 1 aromatic carbocycles. The van der Waals surface area contributed by atoms with Crippen molar-refractivity contribution in [3.8, 4) is 0 Å². The summed E-state index contributed by atoms with van der Waals surface area (Å²) in [6.07, 6.45) is 5.16. The number of carbonyl (C=O) groups is 1. The van der Waals surface area contributed by atoms with Gasteiger partial charge in [-0.25, -0.2) is 4.98 Å². The van der Waals surface area contributed by atoms with Gasteiger partial charge in [-0.2, -0.15) is 5.10 Å². The average Bonchev–Trinajstić information content (AvgIpc) is 3.35. The zero-order valence-electron chi connectivity index (χ0n) is 12.6. The SMILES string of the molecule is O=C(NC[C@@H](c1ccco1)n1cccn1)c1nc2ccccc2s1. The van der Waals surface area contributed by atoms with Gasteiger partial charge in [-0.3, -0.25) is 9.48 Å². The van der Waals surface area contributed by atoms with E-state index in [0.29, 0.717) is 11.6 Å². The summed E-state index contributed by atoms with van der Waals surface area (Å²) in [6.45, 7) is 0.365. The lowest BCUT2D eigenvalue weighted by Gasteiger charge is -2.15. The summed E-state index contributed by atoms with van der Waals surface area (Å²) in [4.78, 5) is 16.8. The fraction of sp³-hybridized carbons (Fsp3) is 0.118. The molecule has 1 N–H and O–H groups in total. The van der Waals surface area contributed by atoms with Crippen LogP contribution < -0.4 is 5.32 Å². The minimum Gasteiger partial charge on any atom is -0.467 e.